The smallest absolute Gasteiger partial charge is 0.183 e. The predicted octanol–water partition coefficient (Wildman–Crippen LogP) is 4.54. The maximum atomic E-state index is 5.28. The van der Waals surface area contributed by atoms with Gasteiger partial charge in [0.05, 0.1) is 23.8 Å². The fourth-order valence-electron chi connectivity index (χ4n) is 3.48. The normalized spacial score (nSPS) is 11.2. The lowest BCUT2D eigenvalue weighted by Crippen LogP contribution is -2.01. The molecule has 28 heavy (non-hydrogen) atoms. The minimum atomic E-state index is 0.704. The average Bonchev–Trinajstić information content (AvgIpc) is 3.20. The van der Waals surface area contributed by atoms with Crippen molar-refractivity contribution in [3.05, 3.63) is 90.1 Å². The van der Waals surface area contributed by atoms with Crippen molar-refractivity contribution in [1.29, 1.82) is 0 Å². The molecule has 0 aliphatic rings. The van der Waals surface area contributed by atoms with E-state index in [1.54, 1.807) is 7.11 Å². The lowest BCUT2D eigenvalue weighted by atomic mass is 10.1. The number of nitrogens with zero attached hydrogens (tertiary/aromatic N) is 4. The fourth-order valence-corrected chi connectivity index (χ4v) is 3.48. The lowest BCUT2D eigenvalue weighted by molar-refractivity contribution is 0.415. The van der Waals surface area contributed by atoms with Crippen LogP contribution in [0.15, 0.2) is 78.9 Å². The second-order valence-electron chi connectivity index (χ2n) is 6.62. The molecule has 2 heterocycles. The molecule has 0 unspecified atom stereocenters. The van der Waals surface area contributed by atoms with Crippen molar-refractivity contribution in [2.45, 2.75) is 6.42 Å². The number of aromatic nitrogens is 4. The van der Waals surface area contributed by atoms with E-state index in [9.17, 15) is 0 Å². The Kier molecular flexibility index (Phi) is 3.98. The molecule has 0 N–H and O–H groups in total. The molecular formula is C23H18N4O. The summed E-state index contributed by atoms with van der Waals surface area (Å²) in [5.74, 6) is 1.61. The zero-order valence-electron chi connectivity index (χ0n) is 15.4. The van der Waals surface area contributed by atoms with Crippen molar-refractivity contribution in [1.82, 2.24) is 19.6 Å². The Labute approximate surface area is 162 Å². The van der Waals surface area contributed by atoms with Crippen LogP contribution in [0.1, 0.15) is 11.3 Å². The molecule has 0 spiro atoms. The molecule has 0 aliphatic carbocycles. The molecule has 5 nitrogen and oxygen atoms in total. The van der Waals surface area contributed by atoms with Gasteiger partial charge in [-0.25, -0.2) is 4.98 Å². The van der Waals surface area contributed by atoms with Gasteiger partial charge >= 0.3 is 0 Å². The van der Waals surface area contributed by atoms with Crippen LogP contribution >= 0.6 is 0 Å². The minimum absolute atomic E-state index is 0.704. The molecule has 3 aromatic carbocycles. The van der Waals surface area contributed by atoms with Crippen LogP contribution in [0.5, 0.6) is 5.75 Å². The van der Waals surface area contributed by atoms with Crippen molar-refractivity contribution in [3.8, 4) is 17.1 Å². The number of hydrogen-bond acceptors (Lipinski definition) is 4. The van der Waals surface area contributed by atoms with E-state index in [0.29, 0.717) is 6.42 Å². The molecule has 0 saturated heterocycles. The summed E-state index contributed by atoms with van der Waals surface area (Å²) in [6.07, 6.45) is 0.704. The Bertz CT molecular complexity index is 1260. The van der Waals surface area contributed by atoms with Gasteiger partial charge in [0.15, 0.2) is 11.5 Å². The third-order valence-corrected chi connectivity index (χ3v) is 4.86. The highest BCUT2D eigenvalue weighted by Crippen LogP contribution is 2.26. The summed E-state index contributed by atoms with van der Waals surface area (Å²) in [6.45, 7) is 0. The number of para-hydroxylation sites is 2. The highest BCUT2D eigenvalue weighted by molar-refractivity contribution is 5.81. The van der Waals surface area contributed by atoms with Crippen LogP contribution in [0.2, 0.25) is 0 Å². The first-order chi connectivity index (χ1) is 13.8. The van der Waals surface area contributed by atoms with Crippen LogP contribution in [-0.2, 0) is 6.42 Å². The fraction of sp³-hybridized carbons (Fsp3) is 0.0870. The van der Waals surface area contributed by atoms with E-state index in [4.69, 9.17) is 9.72 Å². The molecule has 0 atom stereocenters. The number of ether oxygens (including phenoxy) is 1. The Hall–Kier alpha value is -3.73. The summed E-state index contributed by atoms with van der Waals surface area (Å²) >= 11 is 0. The van der Waals surface area contributed by atoms with E-state index >= 15 is 0 Å². The molecule has 5 aromatic rings. The zero-order valence-corrected chi connectivity index (χ0v) is 15.4. The topological polar surface area (TPSA) is 52.3 Å². The largest absolute Gasteiger partial charge is 0.497 e. The first kappa shape index (κ1) is 16.4. The Morgan fingerprint density at radius 3 is 2.36 bits per heavy atom. The SMILES string of the molecule is COc1ccc(-c2nnc3c(Cc4ccccc4)nc4ccccc4n23)cc1. The zero-order chi connectivity index (χ0) is 18.9. The van der Waals surface area contributed by atoms with Gasteiger partial charge in [-0.05, 0) is 42.0 Å². The number of benzene rings is 3. The minimum Gasteiger partial charge on any atom is -0.497 e. The van der Waals surface area contributed by atoms with Crippen LogP contribution < -0.4 is 4.74 Å². The summed E-state index contributed by atoms with van der Waals surface area (Å²) in [5, 5.41) is 9.01. The van der Waals surface area contributed by atoms with E-state index in [-0.39, 0.29) is 0 Å². The van der Waals surface area contributed by atoms with E-state index in [1.165, 1.54) is 5.56 Å². The molecular weight excluding hydrogens is 348 g/mol. The van der Waals surface area contributed by atoms with E-state index in [2.05, 4.69) is 32.8 Å². The van der Waals surface area contributed by atoms with Gasteiger partial charge in [-0.1, -0.05) is 42.5 Å². The maximum Gasteiger partial charge on any atom is 0.183 e. The van der Waals surface area contributed by atoms with Gasteiger partial charge in [0.25, 0.3) is 0 Å². The van der Waals surface area contributed by atoms with Gasteiger partial charge in [0.1, 0.15) is 5.75 Å². The Balaban J connectivity index is 1.74. The van der Waals surface area contributed by atoms with Gasteiger partial charge < -0.3 is 4.74 Å². The Morgan fingerprint density at radius 1 is 0.821 bits per heavy atom. The van der Waals surface area contributed by atoms with E-state index in [1.807, 2.05) is 60.7 Å². The molecule has 5 rings (SSSR count). The molecule has 0 fully saturated rings. The monoisotopic (exact) mass is 366 g/mol. The summed E-state index contributed by atoms with van der Waals surface area (Å²) in [5.41, 5.74) is 5.79. The van der Waals surface area contributed by atoms with Crippen molar-refractivity contribution < 1.29 is 4.74 Å². The maximum absolute atomic E-state index is 5.28. The summed E-state index contributed by atoms with van der Waals surface area (Å²) < 4.78 is 7.38. The average molecular weight is 366 g/mol. The highest BCUT2D eigenvalue weighted by Gasteiger charge is 2.16. The van der Waals surface area contributed by atoms with Crippen LogP contribution in [0, 0.1) is 0 Å². The predicted molar refractivity (Wildman–Crippen MR) is 110 cm³/mol. The van der Waals surface area contributed by atoms with Crippen molar-refractivity contribution in [3.63, 3.8) is 0 Å². The first-order valence-electron chi connectivity index (χ1n) is 9.14. The lowest BCUT2D eigenvalue weighted by Gasteiger charge is -2.09. The summed E-state index contributed by atoms with van der Waals surface area (Å²) in [4.78, 5) is 4.89. The van der Waals surface area contributed by atoms with Gasteiger partial charge in [-0.15, -0.1) is 10.2 Å². The molecule has 0 saturated carbocycles. The number of rotatable bonds is 4. The third kappa shape index (κ3) is 2.77. The molecule has 0 radical (unpaired) electrons. The quantitative estimate of drug-likeness (QED) is 0.468. The van der Waals surface area contributed by atoms with Crippen molar-refractivity contribution in [2.24, 2.45) is 0 Å². The number of fused-ring (bicyclic) bond motifs is 3. The van der Waals surface area contributed by atoms with Crippen LogP contribution in [0.4, 0.5) is 0 Å². The summed E-state index contributed by atoms with van der Waals surface area (Å²) in [7, 11) is 1.66. The van der Waals surface area contributed by atoms with Crippen LogP contribution in [0.25, 0.3) is 28.1 Å². The van der Waals surface area contributed by atoms with Crippen LogP contribution in [0.3, 0.4) is 0 Å². The highest BCUT2D eigenvalue weighted by atomic mass is 16.5. The van der Waals surface area contributed by atoms with E-state index in [0.717, 1.165) is 39.5 Å². The summed E-state index contributed by atoms with van der Waals surface area (Å²) in [6, 6.07) is 26.3. The van der Waals surface area contributed by atoms with E-state index < -0.39 is 0 Å². The van der Waals surface area contributed by atoms with Gasteiger partial charge in [-0.3, -0.25) is 4.40 Å². The standard InChI is InChI=1S/C23H18N4O/c1-28-18-13-11-17(12-14-18)22-25-26-23-20(15-16-7-3-2-4-8-16)24-19-9-5-6-10-21(19)27(22)23/h2-14H,15H2,1H3. The molecule has 0 amide bonds. The number of methoxy groups -OCH3 is 1. The van der Waals surface area contributed by atoms with Crippen molar-refractivity contribution >= 4 is 16.7 Å². The van der Waals surface area contributed by atoms with Crippen LogP contribution in [-0.4, -0.2) is 26.7 Å². The molecule has 136 valence electrons. The number of hydrogen-bond donors (Lipinski definition) is 0. The van der Waals surface area contributed by atoms with Gasteiger partial charge in [0.2, 0.25) is 0 Å². The molecule has 0 bridgehead atoms. The second kappa shape index (κ2) is 6.78. The first-order valence-corrected chi connectivity index (χ1v) is 9.14. The van der Waals surface area contributed by atoms with Gasteiger partial charge in [-0.2, -0.15) is 0 Å². The third-order valence-electron chi connectivity index (χ3n) is 4.86. The molecule has 5 heteroatoms. The van der Waals surface area contributed by atoms with Gasteiger partial charge in [0, 0.05) is 12.0 Å². The molecule has 0 aliphatic heterocycles. The Morgan fingerprint density at radius 2 is 1.57 bits per heavy atom. The van der Waals surface area contributed by atoms with Crippen molar-refractivity contribution in [2.75, 3.05) is 7.11 Å². The molecule has 2 aromatic heterocycles. The second-order valence-corrected chi connectivity index (χ2v) is 6.62.